The molecule has 1 fully saturated rings. The quantitative estimate of drug-likeness (QED) is 0.748. The van der Waals surface area contributed by atoms with E-state index in [4.69, 9.17) is 0 Å². The molecule has 0 saturated carbocycles. The summed E-state index contributed by atoms with van der Waals surface area (Å²) in [7, 11) is 0. The van der Waals surface area contributed by atoms with Crippen molar-refractivity contribution in [2.45, 2.75) is 32.2 Å². The van der Waals surface area contributed by atoms with Crippen molar-refractivity contribution < 1.29 is 9.59 Å². The summed E-state index contributed by atoms with van der Waals surface area (Å²) in [5.41, 5.74) is 0. The van der Waals surface area contributed by atoms with Gasteiger partial charge in [0.05, 0.1) is 6.54 Å². The van der Waals surface area contributed by atoms with Crippen LogP contribution in [0.5, 0.6) is 0 Å². The third kappa shape index (κ3) is 6.54. The van der Waals surface area contributed by atoms with Gasteiger partial charge in [0, 0.05) is 36.6 Å². The lowest BCUT2D eigenvalue weighted by Crippen LogP contribution is -2.47. The number of carbonyl (C=O) groups excluding carboxylic acids is 2. The first-order chi connectivity index (χ1) is 11.2. The molecule has 0 atom stereocenters. The number of nitrogens with one attached hydrogen (secondary N) is 2. The topological polar surface area (TPSA) is 61.4 Å². The van der Waals surface area contributed by atoms with Crippen LogP contribution in [0, 0.1) is 0 Å². The van der Waals surface area contributed by atoms with E-state index in [2.05, 4.69) is 15.5 Å². The first-order valence-electron chi connectivity index (χ1n) is 8.18. The number of thiophene rings is 1. The summed E-state index contributed by atoms with van der Waals surface area (Å²) in [4.78, 5) is 26.8. The van der Waals surface area contributed by atoms with Gasteiger partial charge in [-0.25, -0.2) is 0 Å². The van der Waals surface area contributed by atoms with Crippen LogP contribution in [-0.4, -0.2) is 48.9 Å². The van der Waals surface area contributed by atoms with Gasteiger partial charge in [0.25, 0.3) is 0 Å². The molecule has 0 spiro atoms. The van der Waals surface area contributed by atoms with Gasteiger partial charge in [-0.15, -0.1) is 11.3 Å². The largest absolute Gasteiger partial charge is 0.355 e. The number of rotatable bonds is 7. The molecule has 0 radical (unpaired) electrons. The molecule has 2 heterocycles. The van der Waals surface area contributed by atoms with E-state index in [1.165, 1.54) is 0 Å². The van der Waals surface area contributed by atoms with Gasteiger partial charge in [-0.05, 0) is 36.8 Å². The standard InChI is InChI=1S/C17H25N3O2S/c1-2-9-18-17(22)13-20-10-7-14(8-11-20)19-16(21)6-5-15-4-3-12-23-15/h3-6,12,14H,2,7-11,13H2,1H3,(H,18,22)(H,19,21)/b6-5+. The Hall–Kier alpha value is -1.66. The molecule has 126 valence electrons. The molecule has 0 bridgehead atoms. The average Bonchev–Trinajstić information content (AvgIpc) is 3.06. The van der Waals surface area contributed by atoms with Crippen LogP contribution in [0.25, 0.3) is 6.08 Å². The predicted molar refractivity (Wildman–Crippen MR) is 94.3 cm³/mol. The zero-order valence-corrected chi connectivity index (χ0v) is 14.4. The lowest BCUT2D eigenvalue weighted by atomic mass is 10.0. The molecule has 6 heteroatoms. The Kier molecular flexibility index (Phi) is 7.29. The third-order valence-electron chi connectivity index (χ3n) is 3.82. The van der Waals surface area contributed by atoms with Crippen LogP contribution >= 0.6 is 11.3 Å². The molecule has 1 aliphatic heterocycles. The van der Waals surface area contributed by atoms with Crippen molar-refractivity contribution in [2.75, 3.05) is 26.2 Å². The van der Waals surface area contributed by atoms with Gasteiger partial charge in [0.1, 0.15) is 0 Å². The molecular weight excluding hydrogens is 310 g/mol. The summed E-state index contributed by atoms with van der Waals surface area (Å²) in [5.74, 6) is 0.0470. The van der Waals surface area contributed by atoms with E-state index in [1.54, 1.807) is 17.4 Å². The Labute approximate surface area is 141 Å². The Morgan fingerprint density at radius 1 is 1.39 bits per heavy atom. The lowest BCUT2D eigenvalue weighted by molar-refractivity contribution is -0.123. The van der Waals surface area contributed by atoms with Crippen molar-refractivity contribution in [3.63, 3.8) is 0 Å². The van der Waals surface area contributed by atoms with Gasteiger partial charge in [-0.3, -0.25) is 14.5 Å². The smallest absolute Gasteiger partial charge is 0.244 e. The molecular formula is C17H25N3O2S. The van der Waals surface area contributed by atoms with E-state index >= 15 is 0 Å². The van der Waals surface area contributed by atoms with Crippen molar-refractivity contribution in [2.24, 2.45) is 0 Å². The van der Waals surface area contributed by atoms with Crippen LogP contribution in [0.4, 0.5) is 0 Å². The fraction of sp³-hybridized carbons (Fsp3) is 0.529. The van der Waals surface area contributed by atoms with Gasteiger partial charge in [-0.1, -0.05) is 13.0 Å². The molecule has 23 heavy (non-hydrogen) atoms. The van der Waals surface area contributed by atoms with Gasteiger partial charge < -0.3 is 10.6 Å². The summed E-state index contributed by atoms with van der Waals surface area (Å²) >= 11 is 1.61. The van der Waals surface area contributed by atoms with E-state index < -0.39 is 0 Å². The second-order valence-corrected chi connectivity index (χ2v) is 6.74. The maximum absolute atomic E-state index is 11.9. The van der Waals surface area contributed by atoms with Gasteiger partial charge in [0.15, 0.2) is 0 Å². The first-order valence-corrected chi connectivity index (χ1v) is 9.06. The van der Waals surface area contributed by atoms with E-state index in [-0.39, 0.29) is 17.9 Å². The second kappa shape index (κ2) is 9.47. The van der Waals surface area contributed by atoms with Crippen LogP contribution in [0.2, 0.25) is 0 Å². The predicted octanol–water partition coefficient (Wildman–Crippen LogP) is 1.87. The zero-order chi connectivity index (χ0) is 16.5. The highest BCUT2D eigenvalue weighted by molar-refractivity contribution is 7.10. The molecule has 1 aliphatic rings. The lowest BCUT2D eigenvalue weighted by Gasteiger charge is -2.31. The maximum atomic E-state index is 11.9. The van der Waals surface area contributed by atoms with Crippen LogP contribution in [-0.2, 0) is 9.59 Å². The van der Waals surface area contributed by atoms with Crippen LogP contribution < -0.4 is 10.6 Å². The highest BCUT2D eigenvalue weighted by Crippen LogP contribution is 2.11. The van der Waals surface area contributed by atoms with Gasteiger partial charge in [0.2, 0.25) is 11.8 Å². The van der Waals surface area contributed by atoms with Crippen LogP contribution in [0.3, 0.4) is 0 Å². The zero-order valence-electron chi connectivity index (χ0n) is 13.6. The molecule has 0 aromatic carbocycles. The molecule has 1 aromatic rings. The molecule has 2 amide bonds. The highest BCUT2D eigenvalue weighted by atomic mass is 32.1. The number of likely N-dealkylation sites (tertiary alicyclic amines) is 1. The molecule has 0 unspecified atom stereocenters. The van der Waals surface area contributed by atoms with E-state index in [1.807, 2.05) is 30.5 Å². The summed E-state index contributed by atoms with van der Waals surface area (Å²) < 4.78 is 0. The molecule has 5 nitrogen and oxygen atoms in total. The number of nitrogens with zero attached hydrogens (tertiary/aromatic N) is 1. The monoisotopic (exact) mass is 335 g/mol. The van der Waals surface area contributed by atoms with Gasteiger partial charge >= 0.3 is 0 Å². The van der Waals surface area contributed by atoms with Crippen molar-refractivity contribution in [3.05, 3.63) is 28.5 Å². The second-order valence-electron chi connectivity index (χ2n) is 5.76. The minimum absolute atomic E-state index is 0.0439. The van der Waals surface area contributed by atoms with E-state index in [9.17, 15) is 9.59 Å². The molecule has 1 saturated heterocycles. The fourth-order valence-corrected chi connectivity index (χ4v) is 3.17. The van der Waals surface area contributed by atoms with Crippen molar-refractivity contribution in [3.8, 4) is 0 Å². The van der Waals surface area contributed by atoms with E-state index in [0.717, 1.165) is 43.8 Å². The third-order valence-corrected chi connectivity index (χ3v) is 4.65. The minimum atomic E-state index is -0.0439. The molecule has 1 aromatic heterocycles. The fourth-order valence-electron chi connectivity index (χ4n) is 2.55. The van der Waals surface area contributed by atoms with Crippen molar-refractivity contribution in [1.82, 2.24) is 15.5 Å². The first kappa shape index (κ1) is 17.7. The minimum Gasteiger partial charge on any atom is -0.355 e. The highest BCUT2D eigenvalue weighted by Gasteiger charge is 2.21. The van der Waals surface area contributed by atoms with Crippen LogP contribution in [0.15, 0.2) is 23.6 Å². The van der Waals surface area contributed by atoms with Crippen molar-refractivity contribution >= 4 is 29.2 Å². The number of piperidine rings is 1. The SMILES string of the molecule is CCCNC(=O)CN1CCC(NC(=O)/C=C/c2cccs2)CC1. The normalized spacial score (nSPS) is 16.6. The summed E-state index contributed by atoms with van der Waals surface area (Å²) in [6.07, 6.45) is 6.17. The van der Waals surface area contributed by atoms with Crippen LogP contribution in [0.1, 0.15) is 31.1 Å². The molecule has 2 rings (SSSR count). The molecule has 2 N–H and O–H groups in total. The maximum Gasteiger partial charge on any atom is 0.244 e. The number of amides is 2. The Morgan fingerprint density at radius 3 is 2.83 bits per heavy atom. The Morgan fingerprint density at radius 2 is 2.17 bits per heavy atom. The summed E-state index contributed by atoms with van der Waals surface area (Å²) in [6.45, 7) is 4.93. The Balaban J connectivity index is 1.66. The van der Waals surface area contributed by atoms with Crippen molar-refractivity contribution in [1.29, 1.82) is 0 Å². The molecule has 0 aliphatic carbocycles. The van der Waals surface area contributed by atoms with E-state index in [0.29, 0.717) is 6.54 Å². The number of hydrogen-bond acceptors (Lipinski definition) is 4. The summed E-state index contributed by atoms with van der Waals surface area (Å²) in [6, 6.07) is 4.15. The summed E-state index contributed by atoms with van der Waals surface area (Å²) in [5, 5.41) is 7.93. The van der Waals surface area contributed by atoms with Gasteiger partial charge in [-0.2, -0.15) is 0 Å². The number of carbonyl (C=O) groups is 2. The average molecular weight is 335 g/mol. The Bertz CT molecular complexity index is 520. The number of hydrogen-bond donors (Lipinski definition) is 2.